The van der Waals surface area contributed by atoms with E-state index in [1.165, 1.54) is 24.3 Å². The number of nitrogens with zero attached hydrogens (tertiary/aromatic N) is 3. The van der Waals surface area contributed by atoms with Crippen molar-refractivity contribution in [2.45, 2.75) is 24.8 Å². The SMILES string of the molecule is CCOc1ccccc1N(CC(=O)NCCCn1ccnc1)S(=O)(=O)c1ccc(Cl)cc1. The zero-order valence-corrected chi connectivity index (χ0v) is 19.2. The molecular weight excluding hydrogens is 452 g/mol. The maximum Gasteiger partial charge on any atom is 0.264 e. The van der Waals surface area contributed by atoms with Crippen LogP contribution in [0.1, 0.15) is 13.3 Å². The third kappa shape index (κ3) is 6.02. The normalized spacial score (nSPS) is 11.2. The second kappa shape index (κ2) is 11.0. The molecule has 32 heavy (non-hydrogen) atoms. The van der Waals surface area contributed by atoms with Crippen LogP contribution in [0.4, 0.5) is 5.69 Å². The molecule has 8 nitrogen and oxygen atoms in total. The van der Waals surface area contributed by atoms with Crippen LogP contribution in [-0.4, -0.2) is 43.6 Å². The molecule has 1 heterocycles. The fourth-order valence-electron chi connectivity index (χ4n) is 3.07. The van der Waals surface area contributed by atoms with E-state index in [1.807, 2.05) is 17.7 Å². The smallest absolute Gasteiger partial charge is 0.264 e. The van der Waals surface area contributed by atoms with Crippen LogP contribution in [0.3, 0.4) is 0 Å². The topological polar surface area (TPSA) is 93.5 Å². The first-order chi connectivity index (χ1) is 15.4. The zero-order valence-electron chi connectivity index (χ0n) is 17.6. The van der Waals surface area contributed by atoms with Crippen LogP contribution in [0.5, 0.6) is 5.75 Å². The molecule has 0 aliphatic heterocycles. The molecule has 10 heteroatoms. The number of hydrogen-bond donors (Lipinski definition) is 1. The van der Waals surface area contributed by atoms with Gasteiger partial charge >= 0.3 is 0 Å². The third-order valence-electron chi connectivity index (χ3n) is 4.60. The molecule has 0 unspecified atom stereocenters. The number of halogens is 1. The average Bonchev–Trinajstić information content (AvgIpc) is 3.30. The van der Waals surface area contributed by atoms with Crippen molar-refractivity contribution in [3.05, 3.63) is 72.3 Å². The number of nitrogens with one attached hydrogen (secondary N) is 1. The molecule has 0 spiro atoms. The minimum Gasteiger partial charge on any atom is -0.492 e. The molecular formula is C22H25ClN4O4S. The van der Waals surface area contributed by atoms with Gasteiger partial charge in [-0.3, -0.25) is 9.10 Å². The summed E-state index contributed by atoms with van der Waals surface area (Å²) in [5.74, 6) is -0.0417. The van der Waals surface area contributed by atoms with Crippen molar-refractivity contribution < 1.29 is 17.9 Å². The number of aromatic nitrogens is 2. The number of hydrogen-bond acceptors (Lipinski definition) is 5. The van der Waals surface area contributed by atoms with Gasteiger partial charge in [-0.1, -0.05) is 23.7 Å². The van der Waals surface area contributed by atoms with Crippen molar-refractivity contribution in [1.29, 1.82) is 0 Å². The van der Waals surface area contributed by atoms with E-state index in [-0.39, 0.29) is 17.1 Å². The van der Waals surface area contributed by atoms with Gasteiger partial charge in [0.25, 0.3) is 10.0 Å². The first kappa shape index (κ1) is 23.6. The Morgan fingerprint density at radius 2 is 1.94 bits per heavy atom. The van der Waals surface area contributed by atoms with Crippen LogP contribution in [0.15, 0.2) is 72.1 Å². The van der Waals surface area contributed by atoms with Crippen LogP contribution >= 0.6 is 11.6 Å². The highest BCUT2D eigenvalue weighted by Crippen LogP contribution is 2.32. The van der Waals surface area contributed by atoms with Crippen LogP contribution in [-0.2, 0) is 21.4 Å². The number of sulfonamides is 1. The number of para-hydroxylation sites is 2. The van der Waals surface area contributed by atoms with E-state index in [1.54, 1.807) is 36.8 Å². The van der Waals surface area contributed by atoms with Crippen LogP contribution in [0.25, 0.3) is 0 Å². The van der Waals surface area contributed by atoms with E-state index in [9.17, 15) is 13.2 Å². The predicted molar refractivity (Wildman–Crippen MR) is 123 cm³/mol. The minimum absolute atomic E-state index is 0.0288. The molecule has 1 N–H and O–H groups in total. The van der Waals surface area contributed by atoms with Gasteiger partial charge in [0.2, 0.25) is 5.91 Å². The summed E-state index contributed by atoms with van der Waals surface area (Å²) < 4.78 is 35.5. The first-order valence-corrected chi connectivity index (χ1v) is 12.0. The molecule has 2 aromatic carbocycles. The fourth-order valence-corrected chi connectivity index (χ4v) is 4.63. The number of rotatable bonds is 11. The Morgan fingerprint density at radius 1 is 1.19 bits per heavy atom. The van der Waals surface area contributed by atoms with E-state index in [0.29, 0.717) is 36.9 Å². The van der Waals surface area contributed by atoms with Crippen molar-refractivity contribution in [2.75, 3.05) is 24.0 Å². The summed E-state index contributed by atoms with van der Waals surface area (Å²) >= 11 is 5.92. The fraction of sp³-hybridized carbons (Fsp3) is 0.273. The Hall–Kier alpha value is -3.04. The number of benzene rings is 2. The zero-order chi connectivity index (χ0) is 23.0. The third-order valence-corrected chi connectivity index (χ3v) is 6.62. The average molecular weight is 477 g/mol. The minimum atomic E-state index is -4.05. The molecule has 1 aromatic heterocycles. The van der Waals surface area contributed by atoms with E-state index in [4.69, 9.17) is 16.3 Å². The van der Waals surface area contributed by atoms with Gasteiger partial charge in [0, 0.05) is 30.5 Å². The van der Waals surface area contributed by atoms with E-state index in [0.717, 1.165) is 4.31 Å². The number of anilines is 1. The second-order valence-electron chi connectivity index (χ2n) is 6.87. The van der Waals surface area contributed by atoms with Gasteiger partial charge in [0.05, 0.1) is 23.5 Å². The van der Waals surface area contributed by atoms with Crippen LogP contribution in [0, 0.1) is 0 Å². The number of ether oxygens (including phenoxy) is 1. The van der Waals surface area contributed by atoms with Gasteiger partial charge in [-0.2, -0.15) is 0 Å². The Morgan fingerprint density at radius 3 is 2.62 bits per heavy atom. The number of carbonyl (C=O) groups is 1. The largest absolute Gasteiger partial charge is 0.492 e. The lowest BCUT2D eigenvalue weighted by Gasteiger charge is -2.26. The molecule has 0 atom stereocenters. The molecule has 1 amide bonds. The van der Waals surface area contributed by atoms with Gasteiger partial charge in [0.15, 0.2) is 0 Å². The number of aryl methyl sites for hydroxylation is 1. The Kier molecular flexibility index (Phi) is 8.13. The van der Waals surface area contributed by atoms with E-state index in [2.05, 4.69) is 10.3 Å². The van der Waals surface area contributed by atoms with E-state index >= 15 is 0 Å². The van der Waals surface area contributed by atoms with Crippen molar-refractivity contribution in [3.8, 4) is 5.75 Å². The Labute approximate surface area is 192 Å². The molecule has 3 aromatic rings. The van der Waals surface area contributed by atoms with Gasteiger partial charge < -0.3 is 14.6 Å². The lowest BCUT2D eigenvalue weighted by Crippen LogP contribution is -2.41. The molecule has 0 aliphatic carbocycles. The van der Waals surface area contributed by atoms with Crippen LogP contribution in [0.2, 0.25) is 5.02 Å². The highest BCUT2D eigenvalue weighted by molar-refractivity contribution is 7.92. The summed E-state index contributed by atoms with van der Waals surface area (Å²) in [5.41, 5.74) is 0.290. The number of carbonyl (C=O) groups excluding carboxylic acids is 1. The molecule has 170 valence electrons. The second-order valence-corrected chi connectivity index (χ2v) is 9.17. The highest BCUT2D eigenvalue weighted by atomic mass is 35.5. The molecule has 0 bridgehead atoms. The number of amides is 1. The van der Waals surface area contributed by atoms with Crippen molar-refractivity contribution in [3.63, 3.8) is 0 Å². The van der Waals surface area contributed by atoms with E-state index < -0.39 is 15.9 Å². The highest BCUT2D eigenvalue weighted by Gasteiger charge is 2.29. The first-order valence-electron chi connectivity index (χ1n) is 10.1. The Bertz CT molecular complexity index is 1120. The van der Waals surface area contributed by atoms with Gasteiger partial charge in [0.1, 0.15) is 12.3 Å². The summed E-state index contributed by atoms with van der Waals surface area (Å²) in [4.78, 5) is 16.7. The molecule has 0 aliphatic rings. The van der Waals surface area contributed by atoms with Gasteiger partial charge in [-0.05, 0) is 49.7 Å². The predicted octanol–water partition coefficient (Wildman–Crippen LogP) is 3.34. The Balaban J connectivity index is 1.80. The summed E-state index contributed by atoms with van der Waals surface area (Å²) in [6, 6.07) is 12.6. The molecule has 0 fully saturated rings. The maximum absolute atomic E-state index is 13.5. The molecule has 0 radical (unpaired) electrons. The van der Waals surface area contributed by atoms with Gasteiger partial charge in [-0.15, -0.1) is 0 Å². The standard InChI is InChI=1S/C22H25ClN4O4S/c1-2-31-21-7-4-3-6-20(21)27(32(29,30)19-10-8-18(23)9-11-19)16-22(28)25-12-5-14-26-15-13-24-17-26/h3-4,6-11,13,15,17H,2,5,12,14,16H2,1H3,(H,25,28). The summed E-state index contributed by atoms with van der Waals surface area (Å²) in [5, 5.41) is 3.21. The van der Waals surface area contributed by atoms with Crippen LogP contribution < -0.4 is 14.4 Å². The van der Waals surface area contributed by atoms with Gasteiger partial charge in [-0.25, -0.2) is 13.4 Å². The van der Waals surface area contributed by atoms with Crippen molar-refractivity contribution in [2.24, 2.45) is 0 Å². The lowest BCUT2D eigenvalue weighted by molar-refractivity contribution is -0.119. The molecule has 0 saturated carbocycles. The monoisotopic (exact) mass is 476 g/mol. The summed E-state index contributed by atoms with van der Waals surface area (Å²) in [7, 11) is -4.05. The summed E-state index contributed by atoms with van der Waals surface area (Å²) in [6.07, 6.45) is 5.91. The number of imidazole rings is 1. The maximum atomic E-state index is 13.5. The molecule has 3 rings (SSSR count). The summed E-state index contributed by atoms with van der Waals surface area (Å²) in [6.45, 7) is 2.87. The molecule has 0 saturated heterocycles. The van der Waals surface area contributed by atoms with Crippen molar-refractivity contribution >= 4 is 33.2 Å². The van der Waals surface area contributed by atoms with Crippen molar-refractivity contribution in [1.82, 2.24) is 14.9 Å². The lowest BCUT2D eigenvalue weighted by atomic mass is 10.3. The quantitative estimate of drug-likeness (QED) is 0.428.